The number of nitrogens with one attached hydrogen (secondary N) is 2. The number of hydrogen-bond acceptors (Lipinski definition) is 6. The Labute approximate surface area is 108 Å². The molecule has 4 N–H and O–H groups in total. The smallest absolute Gasteiger partial charge is 0.422 e. The van der Waals surface area contributed by atoms with Crippen LogP contribution < -0.4 is 9.44 Å². The van der Waals surface area contributed by atoms with Gasteiger partial charge in [-0.05, 0) is 12.1 Å². The van der Waals surface area contributed by atoms with Crippen LogP contribution in [-0.2, 0) is 14.9 Å². The number of aromatic carboxylic acids is 1. The number of methoxy groups -OCH3 is 1. The number of anilines is 1. The third-order valence-corrected chi connectivity index (χ3v) is 2.82. The Morgan fingerprint density at radius 3 is 2.42 bits per heavy atom. The van der Waals surface area contributed by atoms with Crippen LogP contribution in [0.1, 0.15) is 10.4 Å². The predicted molar refractivity (Wildman–Crippen MR) is 63.1 cm³/mol. The van der Waals surface area contributed by atoms with Crippen molar-refractivity contribution in [3.8, 4) is 5.75 Å². The molecule has 0 aliphatic rings. The molecular weight excluding hydrogens is 280 g/mol. The number of carboxylic acid groups (broad SMARTS) is 1. The van der Waals surface area contributed by atoms with Gasteiger partial charge in [-0.1, -0.05) is 0 Å². The highest BCUT2D eigenvalue weighted by Gasteiger charge is 2.16. The standard InChI is InChI=1S/C9H10N2O7S/c1-18-9(15)11-19(16,17)10-5-2-3-6(8(13)14)7(12)4-5/h2-4,10,12H,1H3,(H,11,15)(H,13,14). The van der Waals surface area contributed by atoms with Gasteiger partial charge in [0, 0.05) is 6.07 Å². The van der Waals surface area contributed by atoms with Crippen molar-refractivity contribution in [2.24, 2.45) is 0 Å². The summed E-state index contributed by atoms with van der Waals surface area (Å²) in [5, 5.41) is 18.0. The van der Waals surface area contributed by atoms with Gasteiger partial charge in [-0.2, -0.15) is 8.42 Å². The summed E-state index contributed by atoms with van der Waals surface area (Å²) in [5.41, 5.74) is -0.511. The summed E-state index contributed by atoms with van der Waals surface area (Å²) < 4.78 is 30.3. The van der Waals surface area contributed by atoms with Crippen molar-refractivity contribution >= 4 is 28.0 Å². The van der Waals surface area contributed by atoms with Crippen LogP contribution in [0.5, 0.6) is 5.75 Å². The van der Waals surface area contributed by atoms with Gasteiger partial charge >= 0.3 is 22.3 Å². The molecular formula is C9H10N2O7S. The number of ether oxygens (including phenoxy) is 1. The van der Waals surface area contributed by atoms with E-state index in [0.717, 1.165) is 25.3 Å². The molecule has 104 valence electrons. The lowest BCUT2D eigenvalue weighted by molar-refractivity contribution is 0.0693. The number of hydrogen-bond donors (Lipinski definition) is 4. The van der Waals surface area contributed by atoms with Crippen molar-refractivity contribution in [3.63, 3.8) is 0 Å². The van der Waals surface area contributed by atoms with Gasteiger partial charge in [-0.25, -0.2) is 14.3 Å². The van der Waals surface area contributed by atoms with Gasteiger partial charge in [0.2, 0.25) is 0 Å². The van der Waals surface area contributed by atoms with Crippen LogP contribution in [0.15, 0.2) is 18.2 Å². The van der Waals surface area contributed by atoms with Gasteiger partial charge in [-0.15, -0.1) is 0 Å². The molecule has 0 fully saturated rings. The van der Waals surface area contributed by atoms with Crippen LogP contribution in [-0.4, -0.2) is 37.8 Å². The first-order chi connectivity index (χ1) is 8.75. The van der Waals surface area contributed by atoms with Gasteiger partial charge in [0.15, 0.2) is 0 Å². The Morgan fingerprint density at radius 2 is 1.95 bits per heavy atom. The molecule has 10 heteroatoms. The Kier molecular flexibility index (Phi) is 4.17. The minimum atomic E-state index is -4.23. The van der Waals surface area contributed by atoms with Crippen molar-refractivity contribution in [1.29, 1.82) is 0 Å². The maximum absolute atomic E-state index is 11.4. The van der Waals surface area contributed by atoms with E-state index in [1.807, 2.05) is 4.72 Å². The van der Waals surface area contributed by atoms with Crippen molar-refractivity contribution in [2.75, 3.05) is 11.8 Å². The van der Waals surface area contributed by atoms with Crippen LogP contribution in [0.4, 0.5) is 10.5 Å². The number of carbonyl (C=O) groups is 2. The molecule has 9 nitrogen and oxygen atoms in total. The molecule has 19 heavy (non-hydrogen) atoms. The molecule has 0 saturated carbocycles. The zero-order valence-corrected chi connectivity index (χ0v) is 10.4. The van der Waals surface area contributed by atoms with E-state index in [9.17, 15) is 23.1 Å². The summed E-state index contributed by atoms with van der Waals surface area (Å²) in [6.45, 7) is 0. The van der Waals surface area contributed by atoms with Crippen LogP contribution in [0.3, 0.4) is 0 Å². The van der Waals surface area contributed by atoms with Crippen LogP contribution in [0.25, 0.3) is 0 Å². The van der Waals surface area contributed by atoms with E-state index >= 15 is 0 Å². The number of amides is 1. The van der Waals surface area contributed by atoms with Crippen LogP contribution in [0, 0.1) is 0 Å². The molecule has 0 saturated heterocycles. The van der Waals surface area contributed by atoms with Gasteiger partial charge < -0.3 is 14.9 Å². The first-order valence-electron chi connectivity index (χ1n) is 4.70. The molecule has 0 aliphatic carbocycles. The Hall–Kier alpha value is -2.49. The van der Waals surface area contributed by atoms with Crippen LogP contribution in [0.2, 0.25) is 0 Å². The first kappa shape index (κ1) is 14.6. The molecule has 0 aliphatic heterocycles. The van der Waals surface area contributed by atoms with Gasteiger partial charge in [0.25, 0.3) is 0 Å². The van der Waals surface area contributed by atoms with Gasteiger partial charge in [0.1, 0.15) is 11.3 Å². The fraction of sp³-hybridized carbons (Fsp3) is 0.111. The van der Waals surface area contributed by atoms with Crippen molar-refractivity contribution in [3.05, 3.63) is 23.8 Å². The first-order valence-corrected chi connectivity index (χ1v) is 6.18. The molecule has 1 aromatic carbocycles. The summed E-state index contributed by atoms with van der Waals surface area (Å²) in [6.07, 6.45) is -1.20. The summed E-state index contributed by atoms with van der Waals surface area (Å²) in [7, 11) is -3.24. The van der Waals surface area contributed by atoms with E-state index in [1.165, 1.54) is 4.72 Å². The number of carbonyl (C=O) groups excluding carboxylic acids is 1. The summed E-state index contributed by atoms with van der Waals surface area (Å²) in [4.78, 5) is 21.4. The molecule has 0 aromatic heterocycles. The summed E-state index contributed by atoms with van der Waals surface area (Å²) in [5.74, 6) is -1.98. The van der Waals surface area contributed by atoms with E-state index < -0.39 is 28.0 Å². The SMILES string of the molecule is COC(=O)NS(=O)(=O)Nc1ccc(C(=O)O)c(O)c1. The van der Waals surface area contributed by atoms with Crippen molar-refractivity contribution < 1.29 is 33.0 Å². The monoisotopic (exact) mass is 290 g/mol. The third-order valence-electron chi connectivity index (χ3n) is 1.88. The minimum absolute atomic E-state index is 0.126. The molecule has 1 amide bonds. The molecule has 1 rings (SSSR count). The normalized spacial score (nSPS) is 10.6. The lowest BCUT2D eigenvalue weighted by atomic mass is 10.2. The Morgan fingerprint density at radius 1 is 1.32 bits per heavy atom. The van der Waals surface area contributed by atoms with E-state index in [0.29, 0.717) is 0 Å². The third kappa shape index (κ3) is 4.03. The zero-order valence-electron chi connectivity index (χ0n) is 9.58. The fourth-order valence-corrected chi connectivity index (χ4v) is 1.90. The molecule has 0 spiro atoms. The maximum atomic E-state index is 11.4. The van der Waals surface area contributed by atoms with Crippen molar-refractivity contribution in [1.82, 2.24) is 4.72 Å². The second-order valence-electron chi connectivity index (χ2n) is 3.24. The highest BCUT2D eigenvalue weighted by Crippen LogP contribution is 2.22. The lowest BCUT2D eigenvalue weighted by Crippen LogP contribution is -2.35. The number of rotatable bonds is 4. The minimum Gasteiger partial charge on any atom is -0.507 e. The topological polar surface area (TPSA) is 142 Å². The zero-order chi connectivity index (χ0) is 14.6. The maximum Gasteiger partial charge on any atom is 0.422 e. The van der Waals surface area contributed by atoms with Crippen molar-refractivity contribution in [2.45, 2.75) is 0 Å². The Bertz CT molecular complexity index is 611. The second kappa shape index (κ2) is 5.44. The van der Waals surface area contributed by atoms with E-state index in [4.69, 9.17) is 5.11 Å². The highest BCUT2D eigenvalue weighted by atomic mass is 32.2. The van der Waals surface area contributed by atoms with E-state index in [1.54, 1.807) is 0 Å². The van der Waals surface area contributed by atoms with E-state index in [-0.39, 0.29) is 11.3 Å². The molecule has 0 bridgehead atoms. The van der Waals surface area contributed by atoms with Gasteiger partial charge in [-0.3, -0.25) is 4.72 Å². The number of carboxylic acids is 1. The number of benzene rings is 1. The average Bonchev–Trinajstić information content (AvgIpc) is 2.26. The van der Waals surface area contributed by atoms with Crippen LogP contribution >= 0.6 is 0 Å². The summed E-state index contributed by atoms with van der Waals surface area (Å²) in [6, 6.07) is 3.01. The molecule has 1 aromatic rings. The molecule has 0 unspecified atom stereocenters. The highest BCUT2D eigenvalue weighted by molar-refractivity contribution is 7.91. The largest absolute Gasteiger partial charge is 0.507 e. The molecule has 0 atom stereocenters. The number of aromatic hydroxyl groups is 1. The number of phenols is 1. The molecule has 0 heterocycles. The second-order valence-corrected chi connectivity index (χ2v) is 4.65. The average molecular weight is 290 g/mol. The predicted octanol–water partition coefficient (Wildman–Crippen LogP) is 0.103. The fourth-order valence-electron chi connectivity index (χ4n) is 1.11. The Balaban J connectivity index is 2.92. The quantitative estimate of drug-likeness (QED) is 0.616. The van der Waals surface area contributed by atoms with Gasteiger partial charge in [0.05, 0.1) is 12.8 Å². The lowest BCUT2D eigenvalue weighted by Gasteiger charge is -2.09. The van der Waals surface area contributed by atoms with E-state index in [2.05, 4.69) is 4.74 Å². The molecule has 0 radical (unpaired) electrons. The summed E-state index contributed by atoms with van der Waals surface area (Å²) >= 11 is 0.